The van der Waals surface area contributed by atoms with Crippen LogP contribution in [0.5, 0.6) is 0 Å². The maximum atomic E-state index is 11.9. The Morgan fingerprint density at radius 2 is 1.33 bits per heavy atom. The SMILES string of the molecule is CCCCCCCCCCCNC(=O)N(CCCl)CCCl. The summed E-state index contributed by atoms with van der Waals surface area (Å²) in [6, 6.07) is -0.0455. The summed E-state index contributed by atoms with van der Waals surface area (Å²) in [6.07, 6.45) is 11.6. The van der Waals surface area contributed by atoms with Gasteiger partial charge in [0, 0.05) is 31.4 Å². The Hall–Kier alpha value is -0.150. The van der Waals surface area contributed by atoms with Crippen LogP contribution in [0.2, 0.25) is 0 Å². The van der Waals surface area contributed by atoms with Crippen LogP contribution in [0.4, 0.5) is 4.79 Å². The van der Waals surface area contributed by atoms with E-state index in [4.69, 9.17) is 23.2 Å². The van der Waals surface area contributed by atoms with Gasteiger partial charge in [-0.3, -0.25) is 0 Å². The van der Waals surface area contributed by atoms with Crippen LogP contribution in [0.25, 0.3) is 0 Å². The molecule has 2 amide bonds. The van der Waals surface area contributed by atoms with E-state index in [1.807, 2.05) is 0 Å². The molecule has 0 saturated heterocycles. The zero-order chi connectivity index (χ0) is 15.8. The minimum Gasteiger partial charge on any atom is -0.338 e. The number of urea groups is 1. The van der Waals surface area contributed by atoms with Crippen molar-refractivity contribution in [2.45, 2.75) is 64.7 Å². The molecule has 1 N–H and O–H groups in total. The lowest BCUT2D eigenvalue weighted by molar-refractivity contribution is 0.203. The fourth-order valence-corrected chi connectivity index (χ4v) is 2.67. The molecule has 0 aromatic heterocycles. The Kier molecular flexibility index (Phi) is 16.1. The van der Waals surface area contributed by atoms with Gasteiger partial charge in [-0.25, -0.2) is 4.79 Å². The van der Waals surface area contributed by atoms with Crippen LogP contribution in [-0.4, -0.2) is 42.3 Å². The fraction of sp³-hybridized carbons (Fsp3) is 0.938. The van der Waals surface area contributed by atoms with Crippen molar-refractivity contribution in [2.24, 2.45) is 0 Å². The molecule has 0 aromatic carbocycles. The minimum absolute atomic E-state index is 0.0455. The quantitative estimate of drug-likeness (QED) is 0.350. The first kappa shape index (κ1) is 20.9. The molecule has 5 heteroatoms. The number of nitrogens with one attached hydrogen (secondary N) is 1. The molecule has 0 saturated carbocycles. The molecule has 0 aromatic rings. The maximum absolute atomic E-state index is 11.9. The van der Waals surface area contributed by atoms with Crippen LogP contribution < -0.4 is 5.32 Å². The van der Waals surface area contributed by atoms with Crippen LogP contribution in [0.3, 0.4) is 0 Å². The summed E-state index contributed by atoms with van der Waals surface area (Å²) in [5.74, 6) is 0.894. The van der Waals surface area contributed by atoms with Gasteiger partial charge in [-0.1, -0.05) is 58.3 Å². The average molecular weight is 339 g/mol. The molecule has 0 atom stereocenters. The number of unbranched alkanes of at least 4 members (excludes halogenated alkanes) is 8. The highest BCUT2D eigenvalue weighted by Crippen LogP contribution is 2.09. The first-order valence-corrected chi connectivity index (χ1v) is 9.47. The van der Waals surface area contributed by atoms with Crippen LogP contribution in [0, 0.1) is 0 Å². The Morgan fingerprint density at radius 1 is 0.857 bits per heavy atom. The van der Waals surface area contributed by atoms with Crippen LogP contribution in [0.15, 0.2) is 0 Å². The third-order valence-electron chi connectivity index (χ3n) is 3.55. The predicted octanol–water partition coefficient (Wildman–Crippen LogP) is 5.01. The van der Waals surface area contributed by atoms with Gasteiger partial charge in [-0.2, -0.15) is 0 Å². The maximum Gasteiger partial charge on any atom is 0.317 e. The number of halogens is 2. The van der Waals surface area contributed by atoms with Crippen molar-refractivity contribution in [3.63, 3.8) is 0 Å². The molecule has 0 aliphatic rings. The van der Waals surface area contributed by atoms with E-state index < -0.39 is 0 Å². The lowest BCUT2D eigenvalue weighted by Crippen LogP contribution is -2.42. The topological polar surface area (TPSA) is 32.3 Å². The molecule has 0 aliphatic heterocycles. The lowest BCUT2D eigenvalue weighted by Gasteiger charge is -2.20. The van der Waals surface area contributed by atoms with E-state index in [0.29, 0.717) is 24.8 Å². The normalized spacial score (nSPS) is 10.6. The summed E-state index contributed by atoms with van der Waals surface area (Å²) in [5.41, 5.74) is 0. The highest BCUT2D eigenvalue weighted by molar-refractivity contribution is 6.18. The van der Waals surface area contributed by atoms with Gasteiger partial charge in [-0.05, 0) is 6.42 Å². The van der Waals surface area contributed by atoms with Crippen LogP contribution in [-0.2, 0) is 0 Å². The van der Waals surface area contributed by atoms with Crippen molar-refractivity contribution in [2.75, 3.05) is 31.4 Å². The third-order valence-corrected chi connectivity index (χ3v) is 3.89. The first-order valence-electron chi connectivity index (χ1n) is 8.41. The van der Waals surface area contributed by atoms with Gasteiger partial charge < -0.3 is 10.2 Å². The standard InChI is InChI=1S/C16H32Cl2N2O/c1-2-3-4-5-6-7-8-9-10-13-19-16(21)20(14-11-17)15-12-18/h2-15H2,1H3,(H,19,21). The number of carbonyl (C=O) groups is 1. The number of alkyl halides is 2. The number of hydrogen-bond donors (Lipinski definition) is 1. The molecule has 3 nitrogen and oxygen atoms in total. The van der Waals surface area contributed by atoms with Gasteiger partial charge in [0.05, 0.1) is 0 Å². The first-order chi connectivity index (χ1) is 10.3. The van der Waals surface area contributed by atoms with Crippen molar-refractivity contribution in [3.8, 4) is 0 Å². The van der Waals surface area contributed by atoms with Gasteiger partial charge in [0.25, 0.3) is 0 Å². The third kappa shape index (κ3) is 13.2. The second-order valence-electron chi connectivity index (χ2n) is 5.43. The van der Waals surface area contributed by atoms with Crippen molar-refractivity contribution in [3.05, 3.63) is 0 Å². The van der Waals surface area contributed by atoms with E-state index in [1.165, 1.54) is 51.4 Å². The molecule has 0 spiro atoms. The summed E-state index contributed by atoms with van der Waals surface area (Å²) < 4.78 is 0. The zero-order valence-electron chi connectivity index (χ0n) is 13.5. The molecule has 21 heavy (non-hydrogen) atoms. The van der Waals surface area contributed by atoms with Crippen molar-refractivity contribution < 1.29 is 4.79 Å². The Morgan fingerprint density at radius 3 is 1.81 bits per heavy atom. The number of nitrogens with zero attached hydrogens (tertiary/aromatic N) is 1. The summed E-state index contributed by atoms with van der Waals surface area (Å²) >= 11 is 11.4. The van der Waals surface area contributed by atoms with Gasteiger partial charge >= 0.3 is 6.03 Å². The fourth-order valence-electron chi connectivity index (χ4n) is 2.26. The van der Waals surface area contributed by atoms with E-state index in [1.54, 1.807) is 4.90 Å². The second kappa shape index (κ2) is 16.2. The summed E-state index contributed by atoms with van der Waals surface area (Å²) in [4.78, 5) is 13.5. The number of amides is 2. The Balaban J connectivity index is 3.42. The predicted molar refractivity (Wildman–Crippen MR) is 93.6 cm³/mol. The van der Waals surface area contributed by atoms with Gasteiger partial charge in [0.1, 0.15) is 0 Å². The zero-order valence-corrected chi connectivity index (χ0v) is 15.0. The minimum atomic E-state index is -0.0455. The monoisotopic (exact) mass is 338 g/mol. The molecule has 0 bridgehead atoms. The van der Waals surface area contributed by atoms with E-state index in [0.717, 1.165) is 13.0 Å². The van der Waals surface area contributed by atoms with E-state index in [2.05, 4.69) is 12.2 Å². The second-order valence-corrected chi connectivity index (χ2v) is 6.18. The molecule has 0 aliphatic carbocycles. The smallest absolute Gasteiger partial charge is 0.317 e. The van der Waals surface area contributed by atoms with Crippen molar-refractivity contribution >= 4 is 29.2 Å². The van der Waals surface area contributed by atoms with E-state index in [-0.39, 0.29) is 6.03 Å². The van der Waals surface area contributed by atoms with E-state index >= 15 is 0 Å². The van der Waals surface area contributed by atoms with Gasteiger partial charge in [0.2, 0.25) is 0 Å². The highest BCUT2D eigenvalue weighted by atomic mass is 35.5. The lowest BCUT2D eigenvalue weighted by atomic mass is 10.1. The average Bonchev–Trinajstić information content (AvgIpc) is 2.48. The largest absolute Gasteiger partial charge is 0.338 e. The molecule has 0 rings (SSSR count). The number of carbonyl (C=O) groups excluding carboxylic acids is 1. The molecule has 0 heterocycles. The van der Waals surface area contributed by atoms with Crippen LogP contribution in [0.1, 0.15) is 64.7 Å². The molecular weight excluding hydrogens is 307 g/mol. The summed E-state index contributed by atoms with van der Waals surface area (Å²) in [5, 5.41) is 2.94. The number of hydrogen-bond acceptors (Lipinski definition) is 1. The van der Waals surface area contributed by atoms with Crippen LogP contribution >= 0.6 is 23.2 Å². The van der Waals surface area contributed by atoms with Crippen molar-refractivity contribution in [1.82, 2.24) is 10.2 Å². The molecular formula is C16H32Cl2N2O. The molecule has 0 radical (unpaired) electrons. The van der Waals surface area contributed by atoms with E-state index in [9.17, 15) is 4.79 Å². The summed E-state index contributed by atoms with van der Waals surface area (Å²) in [6.45, 7) is 4.10. The highest BCUT2D eigenvalue weighted by Gasteiger charge is 2.10. The number of rotatable bonds is 14. The van der Waals surface area contributed by atoms with Crippen molar-refractivity contribution in [1.29, 1.82) is 0 Å². The molecule has 0 unspecified atom stereocenters. The summed E-state index contributed by atoms with van der Waals surface area (Å²) in [7, 11) is 0. The Bertz CT molecular complexity index is 234. The van der Waals surface area contributed by atoms with Gasteiger partial charge in [0.15, 0.2) is 0 Å². The molecule has 126 valence electrons. The van der Waals surface area contributed by atoms with Gasteiger partial charge in [-0.15, -0.1) is 23.2 Å². The Labute approximate surface area is 140 Å². The molecule has 0 fully saturated rings.